The number of amidine groups is 1. The molecule has 1 amide bonds. The molecule has 0 radical (unpaired) electrons. The van der Waals surface area contributed by atoms with Gasteiger partial charge in [0.25, 0.3) is 5.91 Å². The minimum Gasteiger partial charge on any atom is -0.385 e. The lowest BCUT2D eigenvalue weighted by atomic mass is 9.89. The molecule has 1 aromatic carbocycles. The maximum atomic E-state index is 14.9. The highest BCUT2D eigenvalue weighted by Crippen LogP contribution is 2.41. The van der Waals surface area contributed by atoms with Crippen LogP contribution >= 0.6 is 11.6 Å². The number of aliphatic imine (C=N–C) groups is 1. The van der Waals surface area contributed by atoms with Crippen LogP contribution in [0.5, 0.6) is 0 Å². The van der Waals surface area contributed by atoms with Gasteiger partial charge < -0.3 is 25.5 Å². The second-order valence-corrected chi connectivity index (χ2v) is 8.77. The molecule has 2 atom stereocenters. The maximum absolute atomic E-state index is 14.9. The number of rotatable bonds is 5. The Morgan fingerprint density at radius 3 is 2.83 bits per heavy atom. The van der Waals surface area contributed by atoms with Crippen molar-refractivity contribution in [1.29, 1.82) is 0 Å². The van der Waals surface area contributed by atoms with E-state index in [1.807, 2.05) is 0 Å². The van der Waals surface area contributed by atoms with Gasteiger partial charge in [0.15, 0.2) is 0 Å². The van der Waals surface area contributed by atoms with Gasteiger partial charge in [-0.3, -0.25) is 9.79 Å². The zero-order chi connectivity index (χ0) is 30.8. The summed E-state index contributed by atoms with van der Waals surface area (Å²) in [6.07, 6.45) is -3.57. The van der Waals surface area contributed by atoms with Gasteiger partial charge in [0.2, 0.25) is 5.60 Å². The van der Waals surface area contributed by atoms with Crippen molar-refractivity contribution in [1.82, 2.24) is 9.97 Å². The number of ether oxygens (including phenoxy) is 2. The molecule has 0 saturated carbocycles. The molecule has 0 fully saturated rings. The van der Waals surface area contributed by atoms with E-state index in [1.165, 1.54) is 13.1 Å². The zero-order valence-corrected chi connectivity index (χ0v) is 19.4. The highest BCUT2D eigenvalue weighted by atomic mass is 35.5. The summed E-state index contributed by atoms with van der Waals surface area (Å²) >= 11 is 6.09. The summed E-state index contributed by atoms with van der Waals surface area (Å²) in [5.41, 5.74) is -0.425. The molecule has 0 saturated heterocycles. The Morgan fingerprint density at radius 2 is 2.17 bits per heavy atom. The van der Waals surface area contributed by atoms with Crippen molar-refractivity contribution in [3.63, 3.8) is 0 Å². The Kier molecular flexibility index (Phi) is 4.99. The summed E-state index contributed by atoms with van der Waals surface area (Å²) < 4.78 is 103. The number of nitrogens with zero attached hydrogens (tertiary/aromatic N) is 2. The van der Waals surface area contributed by atoms with Crippen LogP contribution in [0.2, 0.25) is 5.02 Å². The first kappa shape index (κ1) is 19.9. The average molecular weight is 533 g/mol. The van der Waals surface area contributed by atoms with Crippen LogP contribution in [-0.2, 0) is 21.6 Å². The van der Waals surface area contributed by atoms with Crippen LogP contribution in [0.4, 0.5) is 23.2 Å². The minimum atomic E-state index is -4.89. The number of nitrogens with one attached hydrogen (secondary N) is 2. The summed E-state index contributed by atoms with van der Waals surface area (Å²) in [4.78, 5) is 24.0. The Labute approximate surface area is 214 Å². The molecular formula is C23H22ClF4N5O3. The Balaban J connectivity index is 1.73. The molecule has 8 nitrogen and oxygen atoms in total. The number of alkyl halides is 3. The number of benzene rings is 1. The third-order valence-corrected chi connectivity index (χ3v) is 6.15. The van der Waals surface area contributed by atoms with Gasteiger partial charge in [0.05, 0.1) is 25.0 Å². The first-order valence-electron chi connectivity index (χ1n) is 12.7. The largest absolute Gasteiger partial charge is 0.424 e. The lowest BCUT2D eigenvalue weighted by molar-refractivity contribution is -0.249. The molecular weight excluding hydrogens is 506 g/mol. The standard InChI is InChI=1S/C23H22ClF4N5O3/c1-21(10-36-22(2,20(29)33-21)23(26,27)28)14-7-12(4-5-16(14)25)31-19(34)17-11(9-35-3)6-13-15(24)8-30-18(13)32-17/h4-8H,9-10H2,1-3H3,(H2,29,33)(H,30,32)(H,31,34)/i3D3,9D2. The SMILES string of the molecule is [2H]C([2H])([2H])OC([2H])([2H])c1cc2c(Cl)c[nH]c2nc1C(=O)Nc1ccc(F)c(C2(C)COC(C)(C(F)(F)F)C(N)=N2)c1. The van der Waals surface area contributed by atoms with Gasteiger partial charge >= 0.3 is 6.18 Å². The highest BCUT2D eigenvalue weighted by Gasteiger charge is 2.59. The number of aromatic amines is 1. The molecule has 192 valence electrons. The number of anilines is 1. The van der Waals surface area contributed by atoms with E-state index in [2.05, 4.69) is 25.0 Å². The van der Waals surface area contributed by atoms with Gasteiger partial charge in [-0.15, -0.1) is 0 Å². The number of hydrogen-bond acceptors (Lipinski definition) is 6. The lowest BCUT2D eigenvalue weighted by Gasteiger charge is -2.41. The van der Waals surface area contributed by atoms with E-state index in [4.69, 9.17) is 28.9 Å². The summed E-state index contributed by atoms with van der Waals surface area (Å²) in [6, 6.07) is 4.26. The number of H-pyrrole nitrogens is 1. The van der Waals surface area contributed by atoms with Crippen LogP contribution in [0.25, 0.3) is 11.0 Å². The molecule has 0 spiro atoms. The van der Waals surface area contributed by atoms with Crippen molar-refractivity contribution in [3.8, 4) is 0 Å². The van der Waals surface area contributed by atoms with Crippen molar-refractivity contribution in [3.05, 3.63) is 58.1 Å². The van der Waals surface area contributed by atoms with E-state index < -0.39 is 66.3 Å². The Hall–Kier alpha value is -3.22. The molecule has 36 heavy (non-hydrogen) atoms. The number of halogens is 5. The third-order valence-electron chi connectivity index (χ3n) is 5.83. The number of aromatic nitrogens is 2. The van der Waals surface area contributed by atoms with Gasteiger partial charge in [-0.05, 0) is 38.1 Å². The minimum absolute atomic E-state index is 0.0674. The van der Waals surface area contributed by atoms with Crippen LogP contribution in [0, 0.1) is 5.82 Å². The summed E-state index contributed by atoms with van der Waals surface area (Å²) in [5, 5.41) is 2.68. The fraction of sp³-hybridized carbons (Fsp3) is 0.348. The molecule has 0 bridgehead atoms. The number of methoxy groups -OCH3 is 1. The first-order valence-corrected chi connectivity index (χ1v) is 10.6. The van der Waals surface area contributed by atoms with Gasteiger partial charge in [-0.25, -0.2) is 9.37 Å². The fourth-order valence-corrected chi connectivity index (χ4v) is 3.85. The number of fused-ring (bicyclic) bond motifs is 1. The monoisotopic (exact) mass is 532 g/mol. The zero-order valence-electron chi connectivity index (χ0n) is 23.7. The van der Waals surface area contributed by atoms with Crippen molar-refractivity contribution in [2.75, 3.05) is 19.0 Å². The average Bonchev–Trinajstić information content (AvgIpc) is 3.19. The second-order valence-electron chi connectivity index (χ2n) is 8.36. The van der Waals surface area contributed by atoms with E-state index >= 15 is 0 Å². The fourth-order valence-electron chi connectivity index (χ4n) is 3.66. The smallest absolute Gasteiger partial charge is 0.385 e. The van der Waals surface area contributed by atoms with Crippen molar-refractivity contribution < 1.29 is 38.7 Å². The topological polar surface area (TPSA) is 115 Å². The van der Waals surface area contributed by atoms with Crippen LogP contribution in [-0.4, -0.2) is 47.1 Å². The summed E-state index contributed by atoms with van der Waals surface area (Å²) in [5.74, 6) is -2.86. The summed E-state index contributed by atoms with van der Waals surface area (Å²) in [7, 11) is -3.19. The number of amides is 1. The molecule has 0 aliphatic carbocycles. The third kappa shape index (κ3) is 4.40. The molecule has 1 aliphatic heterocycles. The highest BCUT2D eigenvalue weighted by molar-refractivity contribution is 6.35. The van der Waals surface area contributed by atoms with Crippen LogP contribution in [0.1, 0.15) is 42.3 Å². The number of carbonyl (C=O) groups is 1. The second kappa shape index (κ2) is 9.02. The Bertz CT molecular complexity index is 1560. The molecule has 2 aromatic heterocycles. The molecule has 2 unspecified atom stereocenters. The molecule has 4 N–H and O–H groups in total. The van der Waals surface area contributed by atoms with Crippen molar-refractivity contribution >= 4 is 40.1 Å². The molecule has 13 heteroatoms. The molecule has 3 heterocycles. The van der Waals surface area contributed by atoms with Crippen molar-refractivity contribution in [2.45, 2.75) is 37.7 Å². The van der Waals surface area contributed by atoms with Gasteiger partial charge in [0.1, 0.15) is 28.5 Å². The number of nitrogens with two attached hydrogens (primary N) is 1. The van der Waals surface area contributed by atoms with Crippen LogP contribution in [0.15, 0.2) is 35.5 Å². The number of carbonyl (C=O) groups excluding carboxylic acids is 1. The summed E-state index contributed by atoms with van der Waals surface area (Å²) in [6.45, 7) is -1.76. The normalized spacial score (nSPS) is 25.3. The molecule has 4 rings (SSSR count). The van der Waals surface area contributed by atoms with E-state index in [0.717, 1.165) is 24.3 Å². The lowest BCUT2D eigenvalue weighted by Crippen LogP contribution is -2.60. The molecule has 1 aliphatic rings. The Morgan fingerprint density at radius 1 is 1.42 bits per heavy atom. The van der Waals surface area contributed by atoms with Gasteiger partial charge in [-0.2, -0.15) is 13.2 Å². The predicted octanol–water partition coefficient (Wildman–Crippen LogP) is 4.68. The first-order chi connectivity index (χ1) is 18.7. The van der Waals surface area contributed by atoms with E-state index in [9.17, 15) is 22.4 Å². The van der Waals surface area contributed by atoms with Gasteiger partial charge in [0, 0.05) is 35.4 Å². The number of hydrogen-bond donors (Lipinski definition) is 3. The van der Waals surface area contributed by atoms with E-state index in [0.29, 0.717) is 6.92 Å². The van der Waals surface area contributed by atoms with E-state index in [-0.39, 0.29) is 27.3 Å². The van der Waals surface area contributed by atoms with Crippen LogP contribution < -0.4 is 11.1 Å². The number of pyridine rings is 1. The molecule has 3 aromatic rings. The van der Waals surface area contributed by atoms with E-state index in [1.54, 1.807) is 0 Å². The van der Waals surface area contributed by atoms with Gasteiger partial charge in [-0.1, -0.05) is 11.6 Å². The maximum Gasteiger partial charge on any atom is 0.424 e. The van der Waals surface area contributed by atoms with Crippen LogP contribution in [0.3, 0.4) is 0 Å². The predicted molar refractivity (Wildman–Crippen MR) is 126 cm³/mol. The van der Waals surface area contributed by atoms with Crippen molar-refractivity contribution in [2.24, 2.45) is 10.7 Å². The quantitative estimate of drug-likeness (QED) is 0.413.